The van der Waals surface area contributed by atoms with E-state index in [0.29, 0.717) is 0 Å². The van der Waals surface area contributed by atoms with Gasteiger partial charge in [0.25, 0.3) is 0 Å². The predicted octanol–water partition coefficient (Wildman–Crippen LogP) is 4.68. The zero-order chi connectivity index (χ0) is 12.9. The fourth-order valence-corrected chi connectivity index (χ4v) is 1.61. The number of unbranched alkanes of at least 4 members (excludes halogenated alkanes) is 2. The maximum Gasteiger partial charge on any atom is 0.0388 e. The zero-order valence-electron chi connectivity index (χ0n) is 12.3. The number of hydrogen-bond donors (Lipinski definition) is 0. The van der Waals surface area contributed by atoms with Crippen LogP contribution >= 0.6 is 0 Å². The quantitative estimate of drug-likeness (QED) is 0.390. The maximum atomic E-state index is 4.68. The Hall–Kier alpha value is -0.660. The first-order chi connectivity index (χ1) is 8.28. The van der Waals surface area contributed by atoms with Crippen molar-refractivity contribution in [2.75, 3.05) is 13.1 Å². The second kappa shape index (κ2) is 11.8. The molecule has 0 unspecified atom stereocenters. The van der Waals surface area contributed by atoms with E-state index < -0.39 is 0 Å². The molecule has 0 amide bonds. The van der Waals surface area contributed by atoms with Gasteiger partial charge in [-0.15, -0.1) is 0 Å². The number of hydrogen-bond acceptors (Lipinski definition) is 2. The van der Waals surface area contributed by atoms with Crippen LogP contribution in [0.1, 0.15) is 72.6 Å². The minimum absolute atomic E-state index is 0.992. The topological polar surface area (TPSA) is 24.7 Å². The normalized spacial score (nSPS) is 13.2. The van der Waals surface area contributed by atoms with Crippen molar-refractivity contribution in [3.05, 3.63) is 0 Å². The van der Waals surface area contributed by atoms with Crippen LogP contribution in [0.2, 0.25) is 0 Å². The van der Waals surface area contributed by atoms with Crippen LogP contribution in [0.25, 0.3) is 0 Å². The highest BCUT2D eigenvalue weighted by Gasteiger charge is 2.02. The predicted molar refractivity (Wildman–Crippen MR) is 79.6 cm³/mol. The average Bonchev–Trinajstić information content (AvgIpc) is 2.36. The monoisotopic (exact) mass is 238 g/mol. The molecule has 0 spiro atoms. The molecule has 0 saturated heterocycles. The molecule has 0 aliphatic rings. The highest BCUT2D eigenvalue weighted by atomic mass is 14.8. The third-order valence-electron chi connectivity index (χ3n) is 2.92. The summed E-state index contributed by atoms with van der Waals surface area (Å²) < 4.78 is 0. The second-order valence-corrected chi connectivity index (χ2v) is 4.49. The molecule has 0 bridgehead atoms. The Balaban J connectivity index is 4.20. The van der Waals surface area contributed by atoms with Gasteiger partial charge in [-0.05, 0) is 25.7 Å². The molecule has 0 N–H and O–H groups in total. The van der Waals surface area contributed by atoms with Crippen molar-refractivity contribution >= 4 is 11.4 Å². The first-order valence-corrected chi connectivity index (χ1v) is 7.32. The van der Waals surface area contributed by atoms with Crippen LogP contribution in [-0.4, -0.2) is 24.5 Å². The lowest BCUT2D eigenvalue weighted by Crippen LogP contribution is -2.08. The van der Waals surface area contributed by atoms with Crippen molar-refractivity contribution in [2.45, 2.75) is 72.6 Å². The Labute approximate surface area is 108 Å². The summed E-state index contributed by atoms with van der Waals surface area (Å²) in [6, 6.07) is 0. The fraction of sp³-hybridized carbons (Fsp3) is 0.867. The Morgan fingerprint density at radius 1 is 0.706 bits per heavy atom. The Morgan fingerprint density at radius 2 is 1.12 bits per heavy atom. The summed E-state index contributed by atoms with van der Waals surface area (Å²) in [6.45, 7) is 10.8. The number of nitrogens with zero attached hydrogens (tertiary/aromatic N) is 2. The molecule has 2 nitrogen and oxygen atoms in total. The number of aliphatic imine (C=N–C) groups is 2. The standard InChI is InChI=1S/C15H30N2/c1-5-9-11-16-14(7-3)13-15(8-4)17-12-10-6-2/h5-13H2,1-4H3. The van der Waals surface area contributed by atoms with Crippen LogP contribution < -0.4 is 0 Å². The smallest absolute Gasteiger partial charge is 0.0388 e. The molecule has 0 fully saturated rings. The second-order valence-electron chi connectivity index (χ2n) is 4.49. The van der Waals surface area contributed by atoms with E-state index >= 15 is 0 Å². The molecule has 100 valence electrons. The van der Waals surface area contributed by atoms with Crippen LogP contribution in [0.4, 0.5) is 0 Å². The summed E-state index contributed by atoms with van der Waals surface area (Å²) in [6.07, 6.45) is 8.00. The summed E-state index contributed by atoms with van der Waals surface area (Å²) >= 11 is 0. The maximum absolute atomic E-state index is 4.68. The molecule has 0 atom stereocenters. The lowest BCUT2D eigenvalue weighted by Gasteiger charge is -2.06. The Morgan fingerprint density at radius 3 is 1.41 bits per heavy atom. The first-order valence-electron chi connectivity index (χ1n) is 7.32. The van der Waals surface area contributed by atoms with Gasteiger partial charge in [-0.25, -0.2) is 0 Å². The van der Waals surface area contributed by atoms with Gasteiger partial charge in [-0.1, -0.05) is 40.5 Å². The van der Waals surface area contributed by atoms with Gasteiger partial charge in [0.2, 0.25) is 0 Å². The molecule has 0 aliphatic heterocycles. The van der Waals surface area contributed by atoms with E-state index in [0.717, 1.165) is 32.4 Å². The van der Waals surface area contributed by atoms with Gasteiger partial charge in [0.1, 0.15) is 0 Å². The minimum atomic E-state index is 0.992. The van der Waals surface area contributed by atoms with Crippen LogP contribution in [0.5, 0.6) is 0 Å². The third-order valence-corrected chi connectivity index (χ3v) is 2.92. The van der Waals surface area contributed by atoms with Crippen molar-refractivity contribution in [3.8, 4) is 0 Å². The summed E-state index contributed by atoms with van der Waals surface area (Å²) in [5.74, 6) is 0. The van der Waals surface area contributed by atoms with Crippen molar-refractivity contribution in [1.29, 1.82) is 0 Å². The van der Waals surface area contributed by atoms with Crippen LogP contribution in [0.3, 0.4) is 0 Å². The molecule has 0 rings (SSSR count). The Bertz CT molecular complexity index is 205. The van der Waals surface area contributed by atoms with E-state index in [-0.39, 0.29) is 0 Å². The van der Waals surface area contributed by atoms with E-state index in [1.807, 2.05) is 0 Å². The first kappa shape index (κ1) is 16.3. The minimum Gasteiger partial charge on any atom is -0.294 e. The van der Waals surface area contributed by atoms with E-state index in [4.69, 9.17) is 0 Å². The summed E-state index contributed by atoms with van der Waals surface area (Å²) in [5.41, 5.74) is 2.66. The summed E-state index contributed by atoms with van der Waals surface area (Å²) in [7, 11) is 0. The molecule has 17 heavy (non-hydrogen) atoms. The summed E-state index contributed by atoms with van der Waals surface area (Å²) in [5, 5.41) is 0. The van der Waals surface area contributed by atoms with Gasteiger partial charge in [0.05, 0.1) is 0 Å². The molecule has 0 aromatic carbocycles. The average molecular weight is 238 g/mol. The third kappa shape index (κ3) is 9.08. The van der Waals surface area contributed by atoms with Gasteiger partial charge in [0, 0.05) is 30.9 Å². The van der Waals surface area contributed by atoms with Crippen molar-refractivity contribution in [2.24, 2.45) is 9.98 Å². The molecule has 0 aliphatic carbocycles. The zero-order valence-corrected chi connectivity index (χ0v) is 12.3. The van der Waals surface area contributed by atoms with Gasteiger partial charge in [-0.2, -0.15) is 0 Å². The molecule has 0 saturated carbocycles. The van der Waals surface area contributed by atoms with E-state index in [9.17, 15) is 0 Å². The molecule has 0 heterocycles. The van der Waals surface area contributed by atoms with Crippen molar-refractivity contribution in [3.63, 3.8) is 0 Å². The van der Waals surface area contributed by atoms with Crippen molar-refractivity contribution in [1.82, 2.24) is 0 Å². The fourth-order valence-electron chi connectivity index (χ4n) is 1.61. The van der Waals surface area contributed by atoms with Gasteiger partial charge >= 0.3 is 0 Å². The molecule has 0 aromatic rings. The van der Waals surface area contributed by atoms with E-state index in [1.165, 1.54) is 37.1 Å². The molecule has 0 radical (unpaired) electrons. The molecule has 0 aromatic heterocycles. The van der Waals surface area contributed by atoms with Crippen LogP contribution in [-0.2, 0) is 0 Å². The molecule has 2 heteroatoms. The number of rotatable bonds is 10. The Kier molecular flexibility index (Phi) is 11.4. The van der Waals surface area contributed by atoms with Crippen LogP contribution in [0.15, 0.2) is 9.98 Å². The lowest BCUT2D eigenvalue weighted by atomic mass is 10.1. The van der Waals surface area contributed by atoms with E-state index in [1.54, 1.807) is 0 Å². The van der Waals surface area contributed by atoms with E-state index in [2.05, 4.69) is 37.7 Å². The lowest BCUT2D eigenvalue weighted by molar-refractivity contribution is 0.800. The van der Waals surface area contributed by atoms with Gasteiger partial charge in [0.15, 0.2) is 0 Å². The highest BCUT2D eigenvalue weighted by Crippen LogP contribution is 2.02. The molecular formula is C15H30N2. The van der Waals surface area contributed by atoms with Crippen LogP contribution in [0, 0.1) is 0 Å². The highest BCUT2D eigenvalue weighted by molar-refractivity contribution is 6.04. The largest absolute Gasteiger partial charge is 0.294 e. The molecular weight excluding hydrogens is 208 g/mol. The van der Waals surface area contributed by atoms with Gasteiger partial charge in [-0.3, -0.25) is 9.98 Å². The summed E-state index contributed by atoms with van der Waals surface area (Å²) in [4.78, 5) is 9.37. The van der Waals surface area contributed by atoms with Crippen molar-refractivity contribution < 1.29 is 0 Å². The van der Waals surface area contributed by atoms with Gasteiger partial charge < -0.3 is 0 Å². The SMILES string of the molecule is CCCCN=C(CC)CC(CC)=NCCCC.